The molecular formula is C38H75F2NO4S. The molecule has 1 saturated carbocycles. The average Bonchev–Trinajstić information content (AvgIpc) is 3.73. The minimum absolute atomic E-state index is 0.0330. The Hall–Kier alpha value is -1.09. The fourth-order valence-electron chi connectivity index (χ4n) is 2.73. The van der Waals surface area contributed by atoms with Crippen LogP contribution in [0.3, 0.4) is 0 Å². The molecule has 1 aromatic rings. The molecule has 0 amide bonds. The Balaban J connectivity index is -0.000000535. The van der Waals surface area contributed by atoms with Crippen molar-refractivity contribution in [1.82, 2.24) is 4.72 Å². The van der Waals surface area contributed by atoms with E-state index in [9.17, 15) is 17.2 Å². The number of benzene rings is 1. The molecule has 1 aliphatic rings. The summed E-state index contributed by atoms with van der Waals surface area (Å²) >= 11 is 0. The number of sulfonamides is 1. The van der Waals surface area contributed by atoms with Gasteiger partial charge in [-0.05, 0) is 95.1 Å². The van der Waals surface area contributed by atoms with Gasteiger partial charge in [-0.3, -0.25) is 0 Å². The number of ether oxygens (including phenoxy) is 2. The molecule has 276 valence electrons. The van der Waals surface area contributed by atoms with Gasteiger partial charge in [-0.25, -0.2) is 21.9 Å². The van der Waals surface area contributed by atoms with Crippen LogP contribution in [0.2, 0.25) is 0 Å². The molecule has 0 atom stereocenters. The lowest BCUT2D eigenvalue weighted by atomic mass is 9.71. The predicted octanol–water partition coefficient (Wildman–Crippen LogP) is 11.4. The lowest BCUT2D eigenvalue weighted by Crippen LogP contribution is -2.35. The van der Waals surface area contributed by atoms with Gasteiger partial charge in [0.15, 0.2) is 0 Å². The van der Waals surface area contributed by atoms with E-state index in [1.165, 1.54) is 11.1 Å². The fraction of sp³-hybridized carbons (Fsp3) is 0.842. The van der Waals surface area contributed by atoms with E-state index in [0.717, 1.165) is 12.8 Å². The van der Waals surface area contributed by atoms with Gasteiger partial charge < -0.3 is 9.47 Å². The Morgan fingerprint density at radius 1 is 0.761 bits per heavy atom. The van der Waals surface area contributed by atoms with Crippen molar-refractivity contribution >= 4 is 10.0 Å². The van der Waals surface area contributed by atoms with E-state index in [1.807, 2.05) is 27.7 Å². The highest BCUT2D eigenvalue weighted by Crippen LogP contribution is 2.36. The number of rotatable bonds is 10. The first-order chi connectivity index (χ1) is 20.5. The number of hydrogen-bond acceptors (Lipinski definition) is 4. The van der Waals surface area contributed by atoms with Gasteiger partial charge in [-0.1, -0.05) is 107 Å². The van der Waals surface area contributed by atoms with Crippen LogP contribution in [-0.2, 0) is 19.5 Å². The van der Waals surface area contributed by atoms with E-state index < -0.39 is 34.8 Å². The molecule has 8 heteroatoms. The van der Waals surface area contributed by atoms with E-state index in [1.54, 1.807) is 34.6 Å². The lowest BCUT2D eigenvalue weighted by molar-refractivity contribution is -0.158. The molecule has 1 fully saturated rings. The summed E-state index contributed by atoms with van der Waals surface area (Å²) < 4.78 is 60.7. The molecule has 46 heavy (non-hydrogen) atoms. The van der Waals surface area contributed by atoms with Crippen molar-refractivity contribution in [2.45, 2.75) is 185 Å². The maximum atomic E-state index is 13.1. The minimum Gasteiger partial charge on any atom is -0.372 e. The highest BCUT2D eigenvalue weighted by atomic mass is 32.2. The zero-order chi connectivity index (χ0) is 37.3. The average molecular weight is 680 g/mol. The Kier molecular flexibility index (Phi) is 23.4. The quantitative estimate of drug-likeness (QED) is 0.267. The number of hydrogen-bond donors (Lipinski definition) is 1. The molecule has 5 nitrogen and oxygen atoms in total. The van der Waals surface area contributed by atoms with Crippen LogP contribution in [0.25, 0.3) is 0 Å². The summed E-state index contributed by atoms with van der Waals surface area (Å²) in [5, 5.41) is -0.0881. The van der Waals surface area contributed by atoms with Crippen molar-refractivity contribution in [3.8, 4) is 0 Å². The first-order valence-corrected chi connectivity index (χ1v) is 18.8. The molecule has 2 rings (SSSR count). The monoisotopic (exact) mass is 680 g/mol. The maximum Gasteiger partial charge on any atom is 0.293 e. The van der Waals surface area contributed by atoms with Crippen molar-refractivity contribution < 1.29 is 26.7 Å². The molecule has 0 bridgehead atoms. The SMILES string of the molecule is CC.CC(C)(C)C(C)(C)C.CC(C)NS(=O)(=O)C1CC1.CC(C)OCC(F)(F)COC(C)(C)C.CC(C)c1cccc(C(C)C)c1. The molecule has 0 radical (unpaired) electrons. The Bertz CT molecular complexity index is 977. The maximum absolute atomic E-state index is 13.1. The summed E-state index contributed by atoms with van der Waals surface area (Å²) in [6.45, 7) is 37.7. The first kappa shape index (κ1) is 49.3. The third-order valence-corrected chi connectivity index (χ3v) is 9.35. The fourth-order valence-corrected chi connectivity index (χ4v) is 4.34. The number of halogens is 2. The number of nitrogens with one attached hydrogen (secondary N) is 1. The largest absolute Gasteiger partial charge is 0.372 e. The second-order valence-corrected chi connectivity index (χ2v) is 18.1. The summed E-state index contributed by atoms with van der Waals surface area (Å²) in [6.07, 6.45) is 1.49. The van der Waals surface area contributed by atoms with Crippen molar-refractivity contribution in [3.05, 3.63) is 35.4 Å². The molecule has 0 aliphatic heterocycles. The first-order valence-electron chi connectivity index (χ1n) is 17.2. The van der Waals surface area contributed by atoms with Gasteiger partial charge in [0, 0.05) is 6.04 Å². The van der Waals surface area contributed by atoms with E-state index in [4.69, 9.17) is 9.47 Å². The third-order valence-electron chi connectivity index (χ3n) is 7.20. The van der Waals surface area contributed by atoms with Crippen molar-refractivity contribution in [3.63, 3.8) is 0 Å². The molecule has 1 aliphatic carbocycles. The highest BCUT2D eigenvalue weighted by molar-refractivity contribution is 7.90. The summed E-state index contributed by atoms with van der Waals surface area (Å²) in [4.78, 5) is 0. The topological polar surface area (TPSA) is 64.6 Å². The van der Waals surface area contributed by atoms with E-state index in [-0.39, 0.29) is 17.4 Å². The molecule has 0 saturated heterocycles. The van der Waals surface area contributed by atoms with Crippen LogP contribution in [0.4, 0.5) is 8.78 Å². The normalized spacial score (nSPS) is 14.0. The molecule has 1 N–H and O–H groups in total. The van der Waals surface area contributed by atoms with Crippen LogP contribution in [0, 0.1) is 10.8 Å². The molecule has 1 aromatic carbocycles. The standard InChI is InChI=1S/C12H18.C10H20F2O2.C8H18.C6H13NO2S.C2H6/c1-9(2)11-6-5-7-12(8-11)10(3)4;1-8(2)13-6-10(11,12)7-14-9(3,4)5;1-7(2,3)8(4,5)6;1-5(2)7-10(8,9)6-3-4-6;1-2/h5-10H,1-4H3;8H,6-7H2,1-5H3;1-6H3;5-7H,3-4H2,1-2H3;1-2H3. The van der Waals surface area contributed by atoms with Crippen LogP contribution in [0.5, 0.6) is 0 Å². The molecule has 0 spiro atoms. The summed E-state index contributed by atoms with van der Waals surface area (Å²) in [5.41, 5.74) is 3.23. The van der Waals surface area contributed by atoms with Crippen molar-refractivity contribution in [2.24, 2.45) is 10.8 Å². The Labute approximate surface area is 285 Å². The van der Waals surface area contributed by atoms with Crippen LogP contribution in [0.1, 0.15) is 167 Å². The molecule has 0 unspecified atom stereocenters. The molecule has 0 aromatic heterocycles. The van der Waals surface area contributed by atoms with Gasteiger partial charge in [0.2, 0.25) is 10.0 Å². The van der Waals surface area contributed by atoms with Gasteiger partial charge in [-0.2, -0.15) is 0 Å². The van der Waals surface area contributed by atoms with Gasteiger partial charge in [-0.15, -0.1) is 0 Å². The highest BCUT2D eigenvalue weighted by Gasteiger charge is 2.35. The Morgan fingerprint density at radius 3 is 1.41 bits per heavy atom. The van der Waals surface area contributed by atoms with Crippen LogP contribution < -0.4 is 4.72 Å². The summed E-state index contributed by atoms with van der Waals surface area (Å²) in [6, 6.07) is 8.91. The third kappa shape index (κ3) is 26.9. The van der Waals surface area contributed by atoms with Gasteiger partial charge in [0.25, 0.3) is 5.92 Å². The van der Waals surface area contributed by atoms with Gasteiger partial charge in [0.1, 0.15) is 13.2 Å². The van der Waals surface area contributed by atoms with Gasteiger partial charge >= 0.3 is 0 Å². The summed E-state index contributed by atoms with van der Waals surface area (Å²) in [5.74, 6) is -1.62. The minimum atomic E-state index is -2.94. The Morgan fingerprint density at radius 2 is 1.15 bits per heavy atom. The van der Waals surface area contributed by atoms with Crippen LogP contribution in [0.15, 0.2) is 24.3 Å². The van der Waals surface area contributed by atoms with Crippen LogP contribution >= 0.6 is 0 Å². The second-order valence-electron chi connectivity index (χ2n) is 16.1. The lowest BCUT2D eigenvalue weighted by Gasteiger charge is -2.34. The zero-order valence-corrected chi connectivity index (χ0v) is 34.1. The van der Waals surface area contributed by atoms with Crippen LogP contribution in [-0.4, -0.2) is 50.6 Å². The van der Waals surface area contributed by atoms with Gasteiger partial charge in [0.05, 0.1) is 17.0 Å². The van der Waals surface area contributed by atoms with Crippen molar-refractivity contribution in [2.75, 3.05) is 13.2 Å². The molecular weight excluding hydrogens is 604 g/mol. The van der Waals surface area contributed by atoms with E-state index >= 15 is 0 Å². The second kappa shape index (κ2) is 21.8. The predicted molar refractivity (Wildman–Crippen MR) is 197 cm³/mol. The molecule has 0 heterocycles. The van der Waals surface area contributed by atoms with Crippen molar-refractivity contribution in [1.29, 1.82) is 0 Å². The smallest absolute Gasteiger partial charge is 0.293 e. The number of alkyl halides is 2. The summed E-state index contributed by atoms with van der Waals surface area (Å²) in [7, 11) is -2.94. The van der Waals surface area contributed by atoms with E-state index in [0.29, 0.717) is 22.7 Å². The van der Waals surface area contributed by atoms with E-state index in [2.05, 4.69) is 98.2 Å². The zero-order valence-electron chi connectivity index (χ0n) is 33.3.